The number of halogens is 1. The van der Waals surface area contributed by atoms with Crippen molar-refractivity contribution >= 4 is 29.2 Å². The Bertz CT molecular complexity index is 726. The lowest BCUT2D eigenvalue weighted by atomic mass is 10.1. The molecule has 0 spiro atoms. The van der Waals surface area contributed by atoms with Crippen LogP contribution in [0, 0.1) is 0 Å². The molecule has 1 aromatic heterocycles. The van der Waals surface area contributed by atoms with Gasteiger partial charge in [-0.15, -0.1) is 0 Å². The summed E-state index contributed by atoms with van der Waals surface area (Å²) in [5.74, 6) is 4.43. The standard InChI is InChI=1S/C15H14ClN3O2S/c16-15-18-11-3-4-22-7-10(11)14(19-15)17-6-9-1-2-12-13(5-9)21-8-20-12/h1-2,5H,3-4,6-8H2,(H,17,18,19). The van der Waals surface area contributed by atoms with E-state index in [2.05, 4.69) is 15.3 Å². The van der Waals surface area contributed by atoms with Gasteiger partial charge in [0, 0.05) is 17.9 Å². The molecule has 1 N–H and O–H groups in total. The number of benzene rings is 1. The minimum atomic E-state index is 0.290. The van der Waals surface area contributed by atoms with Gasteiger partial charge in [-0.05, 0) is 41.5 Å². The van der Waals surface area contributed by atoms with Gasteiger partial charge in [0.05, 0.1) is 5.69 Å². The van der Waals surface area contributed by atoms with Gasteiger partial charge < -0.3 is 14.8 Å². The Morgan fingerprint density at radius 2 is 2.14 bits per heavy atom. The van der Waals surface area contributed by atoms with E-state index in [-0.39, 0.29) is 0 Å². The largest absolute Gasteiger partial charge is 0.454 e. The zero-order valence-corrected chi connectivity index (χ0v) is 13.3. The van der Waals surface area contributed by atoms with Crippen molar-refractivity contribution in [2.75, 3.05) is 17.9 Å². The third-order valence-electron chi connectivity index (χ3n) is 3.69. The number of hydrogen-bond acceptors (Lipinski definition) is 6. The van der Waals surface area contributed by atoms with Gasteiger partial charge in [0.15, 0.2) is 11.5 Å². The smallest absolute Gasteiger partial charge is 0.231 e. The molecule has 22 heavy (non-hydrogen) atoms. The molecule has 0 atom stereocenters. The molecule has 0 saturated heterocycles. The predicted octanol–water partition coefficient (Wildman–Crippen LogP) is 3.26. The van der Waals surface area contributed by atoms with E-state index in [0.29, 0.717) is 18.6 Å². The zero-order chi connectivity index (χ0) is 14.9. The number of thioether (sulfide) groups is 1. The number of nitrogens with one attached hydrogen (secondary N) is 1. The van der Waals surface area contributed by atoms with Gasteiger partial charge in [-0.2, -0.15) is 11.8 Å². The SMILES string of the molecule is Clc1nc2c(c(NCc3ccc4c(c3)OCO4)n1)CSCC2. The van der Waals surface area contributed by atoms with Crippen molar-refractivity contribution in [1.82, 2.24) is 9.97 Å². The van der Waals surface area contributed by atoms with E-state index < -0.39 is 0 Å². The highest BCUT2D eigenvalue weighted by Crippen LogP contribution is 2.33. The van der Waals surface area contributed by atoms with E-state index in [9.17, 15) is 0 Å². The van der Waals surface area contributed by atoms with Crippen molar-refractivity contribution in [3.8, 4) is 11.5 Å². The number of rotatable bonds is 3. The van der Waals surface area contributed by atoms with Crippen molar-refractivity contribution < 1.29 is 9.47 Å². The quantitative estimate of drug-likeness (QED) is 0.869. The van der Waals surface area contributed by atoms with Crippen LogP contribution in [0.25, 0.3) is 0 Å². The molecule has 7 heteroatoms. The molecule has 0 amide bonds. The van der Waals surface area contributed by atoms with Gasteiger partial charge in [-0.1, -0.05) is 6.07 Å². The summed E-state index contributed by atoms with van der Waals surface area (Å²) in [7, 11) is 0. The Morgan fingerprint density at radius 1 is 1.23 bits per heavy atom. The number of ether oxygens (including phenoxy) is 2. The summed E-state index contributed by atoms with van der Waals surface area (Å²) in [6.07, 6.45) is 0.945. The van der Waals surface area contributed by atoms with Crippen LogP contribution in [0.2, 0.25) is 5.28 Å². The topological polar surface area (TPSA) is 56.3 Å². The summed E-state index contributed by atoms with van der Waals surface area (Å²) in [4.78, 5) is 8.69. The van der Waals surface area contributed by atoms with Gasteiger partial charge in [0.1, 0.15) is 5.82 Å². The van der Waals surface area contributed by atoms with Crippen LogP contribution in [0.15, 0.2) is 18.2 Å². The molecule has 114 valence electrons. The van der Waals surface area contributed by atoms with Crippen LogP contribution in [0.5, 0.6) is 11.5 Å². The zero-order valence-electron chi connectivity index (χ0n) is 11.8. The summed E-state index contributed by atoms with van der Waals surface area (Å²) >= 11 is 7.93. The summed E-state index contributed by atoms with van der Waals surface area (Å²) in [6.45, 7) is 0.944. The molecule has 2 aliphatic heterocycles. The number of aromatic nitrogens is 2. The number of aryl methyl sites for hydroxylation is 1. The second-order valence-electron chi connectivity index (χ2n) is 5.11. The van der Waals surface area contributed by atoms with E-state index in [0.717, 1.165) is 46.5 Å². The Morgan fingerprint density at radius 3 is 3.09 bits per heavy atom. The molecular formula is C15H14ClN3O2S. The summed E-state index contributed by atoms with van der Waals surface area (Å²) in [6, 6.07) is 5.93. The fourth-order valence-electron chi connectivity index (χ4n) is 2.58. The van der Waals surface area contributed by atoms with Gasteiger partial charge in [0.2, 0.25) is 12.1 Å². The Hall–Kier alpha value is -1.66. The van der Waals surface area contributed by atoms with Crippen molar-refractivity contribution in [2.24, 2.45) is 0 Å². The van der Waals surface area contributed by atoms with Crippen molar-refractivity contribution in [2.45, 2.75) is 18.7 Å². The lowest BCUT2D eigenvalue weighted by Gasteiger charge is -2.18. The molecule has 3 heterocycles. The summed E-state index contributed by atoms with van der Waals surface area (Å²) in [5.41, 5.74) is 3.34. The lowest BCUT2D eigenvalue weighted by Crippen LogP contribution is -2.12. The minimum Gasteiger partial charge on any atom is -0.454 e. The number of fused-ring (bicyclic) bond motifs is 2. The first-order valence-electron chi connectivity index (χ1n) is 7.05. The predicted molar refractivity (Wildman–Crippen MR) is 86.8 cm³/mol. The average Bonchev–Trinajstić information content (AvgIpc) is 3.00. The molecule has 0 bridgehead atoms. The van der Waals surface area contributed by atoms with Crippen molar-refractivity contribution in [3.63, 3.8) is 0 Å². The Kier molecular flexibility index (Phi) is 3.72. The normalized spacial score (nSPS) is 15.5. The average molecular weight is 336 g/mol. The first-order valence-corrected chi connectivity index (χ1v) is 8.58. The highest BCUT2D eigenvalue weighted by molar-refractivity contribution is 7.98. The third kappa shape index (κ3) is 2.68. The van der Waals surface area contributed by atoms with Crippen LogP contribution in [0.4, 0.5) is 5.82 Å². The van der Waals surface area contributed by atoms with E-state index in [1.807, 2.05) is 30.0 Å². The van der Waals surface area contributed by atoms with Crippen LogP contribution >= 0.6 is 23.4 Å². The van der Waals surface area contributed by atoms with Gasteiger partial charge in [-0.25, -0.2) is 9.97 Å². The summed E-state index contributed by atoms with van der Waals surface area (Å²) in [5, 5.41) is 3.68. The molecule has 2 aromatic rings. The fraction of sp³-hybridized carbons (Fsp3) is 0.333. The van der Waals surface area contributed by atoms with Crippen molar-refractivity contribution in [3.05, 3.63) is 40.3 Å². The second kappa shape index (κ2) is 5.85. The van der Waals surface area contributed by atoms with Crippen LogP contribution in [-0.2, 0) is 18.7 Å². The molecule has 0 saturated carbocycles. The Labute approximate surface area is 137 Å². The first-order chi connectivity index (χ1) is 10.8. The highest BCUT2D eigenvalue weighted by atomic mass is 35.5. The highest BCUT2D eigenvalue weighted by Gasteiger charge is 2.18. The minimum absolute atomic E-state index is 0.290. The van der Waals surface area contributed by atoms with Crippen LogP contribution in [0.3, 0.4) is 0 Å². The molecule has 5 nitrogen and oxygen atoms in total. The maximum absolute atomic E-state index is 6.03. The molecular weight excluding hydrogens is 322 g/mol. The van der Waals surface area contributed by atoms with Gasteiger partial charge in [-0.3, -0.25) is 0 Å². The number of anilines is 1. The van der Waals surface area contributed by atoms with Crippen LogP contribution in [-0.4, -0.2) is 22.5 Å². The van der Waals surface area contributed by atoms with E-state index >= 15 is 0 Å². The second-order valence-corrected chi connectivity index (χ2v) is 6.55. The van der Waals surface area contributed by atoms with Crippen molar-refractivity contribution in [1.29, 1.82) is 0 Å². The van der Waals surface area contributed by atoms with Gasteiger partial charge in [0.25, 0.3) is 0 Å². The molecule has 0 fully saturated rings. The monoisotopic (exact) mass is 335 g/mol. The Balaban J connectivity index is 1.55. The number of nitrogens with zero attached hydrogens (tertiary/aromatic N) is 2. The lowest BCUT2D eigenvalue weighted by molar-refractivity contribution is 0.174. The maximum Gasteiger partial charge on any atom is 0.231 e. The van der Waals surface area contributed by atoms with E-state index in [1.165, 1.54) is 5.56 Å². The van der Waals surface area contributed by atoms with Gasteiger partial charge >= 0.3 is 0 Å². The maximum atomic E-state index is 6.03. The molecule has 0 aliphatic carbocycles. The summed E-state index contributed by atoms with van der Waals surface area (Å²) < 4.78 is 10.7. The molecule has 0 unspecified atom stereocenters. The third-order valence-corrected chi connectivity index (χ3v) is 4.85. The molecule has 0 radical (unpaired) electrons. The van der Waals surface area contributed by atoms with E-state index in [1.54, 1.807) is 0 Å². The molecule has 2 aliphatic rings. The van der Waals surface area contributed by atoms with Crippen LogP contribution < -0.4 is 14.8 Å². The van der Waals surface area contributed by atoms with E-state index in [4.69, 9.17) is 21.1 Å². The molecule has 4 rings (SSSR count). The van der Waals surface area contributed by atoms with Crippen LogP contribution in [0.1, 0.15) is 16.8 Å². The molecule has 1 aromatic carbocycles. The fourth-order valence-corrected chi connectivity index (χ4v) is 3.76. The number of hydrogen-bond donors (Lipinski definition) is 1. The first kappa shape index (κ1) is 14.0.